The Kier molecular flexibility index (Phi) is 7.64. The molecule has 0 aromatic heterocycles. The maximum Gasteiger partial charge on any atom is 0.238 e. The van der Waals surface area contributed by atoms with Crippen LogP contribution >= 0.6 is 0 Å². The number of aryl methyl sites for hydroxylation is 3. The molecule has 2 N–H and O–H groups in total. The molecule has 0 aliphatic heterocycles. The highest BCUT2D eigenvalue weighted by Crippen LogP contribution is 2.23. The van der Waals surface area contributed by atoms with Crippen LogP contribution in [0.2, 0.25) is 0 Å². The van der Waals surface area contributed by atoms with Crippen molar-refractivity contribution in [1.82, 2.24) is 10.2 Å². The van der Waals surface area contributed by atoms with Crippen LogP contribution in [-0.2, 0) is 9.59 Å². The fraction of sp³-hybridized carbons (Fsp3) is 0.619. The Balaban J connectivity index is 1.75. The molecule has 26 heavy (non-hydrogen) atoms. The summed E-state index contributed by atoms with van der Waals surface area (Å²) in [5.74, 6) is 0.519. The van der Waals surface area contributed by atoms with Crippen LogP contribution in [0.3, 0.4) is 0 Å². The molecule has 2 amide bonds. The molecule has 1 saturated carbocycles. The lowest BCUT2D eigenvalue weighted by Gasteiger charge is -2.22. The predicted molar refractivity (Wildman–Crippen MR) is 106 cm³/mol. The van der Waals surface area contributed by atoms with Crippen LogP contribution in [0, 0.1) is 26.7 Å². The third-order valence-electron chi connectivity index (χ3n) is 5.08. The Morgan fingerprint density at radius 3 is 2.19 bits per heavy atom. The molecule has 5 heteroatoms. The number of likely N-dealkylation sites (N-methyl/N-ethyl adjacent to an activating group) is 1. The first-order valence-corrected chi connectivity index (χ1v) is 9.68. The summed E-state index contributed by atoms with van der Waals surface area (Å²) < 4.78 is 0. The standard InChI is InChI=1S/C21H33N3O2/c1-15-10-16(2)21(17(3)11-15)23-20(26)14-24(4)13-19(25)22-12-18-8-6-5-7-9-18/h10-11,18H,5-9,12-14H2,1-4H3,(H,22,25)(H,23,26). The van der Waals surface area contributed by atoms with Gasteiger partial charge in [0.1, 0.15) is 0 Å². The van der Waals surface area contributed by atoms with E-state index in [0.29, 0.717) is 5.92 Å². The number of carbonyl (C=O) groups is 2. The number of benzene rings is 1. The molecular formula is C21H33N3O2. The summed E-state index contributed by atoms with van der Waals surface area (Å²) in [4.78, 5) is 26.2. The number of hydrogen-bond donors (Lipinski definition) is 2. The van der Waals surface area contributed by atoms with Gasteiger partial charge in [-0.05, 0) is 57.7 Å². The lowest BCUT2D eigenvalue weighted by molar-refractivity contribution is -0.123. The van der Waals surface area contributed by atoms with E-state index in [2.05, 4.69) is 22.8 Å². The highest BCUT2D eigenvalue weighted by Gasteiger charge is 2.16. The molecule has 144 valence electrons. The van der Waals surface area contributed by atoms with Crippen molar-refractivity contribution in [3.63, 3.8) is 0 Å². The monoisotopic (exact) mass is 359 g/mol. The quantitative estimate of drug-likeness (QED) is 0.786. The summed E-state index contributed by atoms with van der Waals surface area (Å²) >= 11 is 0. The highest BCUT2D eigenvalue weighted by atomic mass is 16.2. The van der Waals surface area contributed by atoms with Crippen LogP contribution in [0.15, 0.2) is 12.1 Å². The van der Waals surface area contributed by atoms with Crippen molar-refractivity contribution in [2.75, 3.05) is 32.0 Å². The second kappa shape index (κ2) is 9.72. The van der Waals surface area contributed by atoms with Crippen LogP contribution < -0.4 is 10.6 Å². The zero-order valence-corrected chi connectivity index (χ0v) is 16.7. The first-order valence-electron chi connectivity index (χ1n) is 9.68. The molecular weight excluding hydrogens is 326 g/mol. The van der Waals surface area contributed by atoms with Crippen molar-refractivity contribution in [2.24, 2.45) is 5.92 Å². The van der Waals surface area contributed by atoms with Gasteiger partial charge in [0, 0.05) is 12.2 Å². The summed E-state index contributed by atoms with van der Waals surface area (Å²) in [7, 11) is 1.80. The van der Waals surface area contributed by atoms with Gasteiger partial charge < -0.3 is 10.6 Å². The van der Waals surface area contributed by atoms with Gasteiger partial charge in [0.05, 0.1) is 13.1 Å². The molecule has 1 fully saturated rings. The van der Waals surface area contributed by atoms with E-state index in [0.717, 1.165) is 23.4 Å². The molecule has 1 aromatic rings. The third kappa shape index (κ3) is 6.45. The van der Waals surface area contributed by atoms with Gasteiger partial charge in [-0.2, -0.15) is 0 Å². The predicted octanol–water partition coefficient (Wildman–Crippen LogP) is 3.18. The first-order chi connectivity index (χ1) is 12.3. The molecule has 1 aliphatic rings. The van der Waals surface area contributed by atoms with Gasteiger partial charge in [0.25, 0.3) is 0 Å². The molecule has 0 saturated heterocycles. The second-order valence-electron chi connectivity index (χ2n) is 7.80. The Bertz CT molecular complexity index is 613. The second-order valence-corrected chi connectivity index (χ2v) is 7.80. The summed E-state index contributed by atoms with van der Waals surface area (Å²) in [5.41, 5.74) is 4.17. The van der Waals surface area contributed by atoms with E-state index in [1.54, 1.807) is 11.9 Å². The largest absolute Gasteiger partial charge is 0.355 e. The lowest BCUT2D eigenvalue weighted by atomic mass is 9.89. The zero-order valence-electron chi connectivity index (χ0n) is 16.7. The fourth-order valence-corrected chi connectivity index (χ4v) is 3.81. The number of amides is 2. The topological polar surface area (TPSA) is 61.4 Å². The molecule has 1 aromatic carbocycles. The van der Waals surface area contributed by atoms with Gasteiger partial charge in [0.2, 0.25) is 11.8 Å². The maximum atomic E-state index is 12.3. The zero-order chi connectivity index (χ0) is 19.1. The summed E-state index contributed by atoms with van der Waals surface area (Å²) in [6.45, 7) is 7.25. The molecule has 1 aliphatic carbocycles. The SMILES string of the molecule is Cc1cc(C)c(NC(=O)CN(C)CC(=O)NCC2CCCCC2)c(C)c1. The minimum absolute atomic E-state index is 0.00595. The third-order valence-corrected chi connectivity index (χ3v) is 5.08. The van der Waals surface area contributed by atoms with E-state index < -0.39 is 0 Å². The number of anilines is 1. The summed E-state index contributed by atoms with van der Waals surface area (Å²) in [6.07, 6.45) is 6.31. The Hall–Kier alpha value is -1.88. The van der Waals surface area contributed by atoms with Gasteiger partial charge in [0.15, 0.2) is 0 Å². The van der Waals surface area contributed by atoms with Crippen molar-refractivity contribution in [3.8, 4) is 0 Å². The van der Waals surface area contributed by atoms with E-state index in [1.807, 2.05) is 20.8 Å². The number of carbonyl (C=O) groups excluding carboxylic acids is 2. The summed E-state index contributed by atoms with van der Waals surface area (Å²) in [6, 6.07) is 4.12. The van der Waals surface area contributed by atoms with Crippen LogP contribution in [0.25, 0.3) is 0 Å². The van der Waals surface area contributed by atoms with Gasteiger partial charge >= 0.3 is 0 Å². The van der Waals surface area contributed by atoms with Gasteiger partial charge in [-0.25, -0.2) is 0 Å². The minimum Gasteiger partial charge on any atom is -0.355 e. The lowest BCUT2D eigenvalue weighted by Crippen LogP contribution is -2.40. The first kappa shape index (κ1) is 20.4. The van der Waals surface area contributed by atoms with E-state index in [1.165, 1.54) is 37.7 Å². The van der Waals surface area contributed by atoms with Crippen molar-refractivity contribution in [1.29, 1.82) is 0 Å². The average molecular weight is 360 g/mol. The number of hydrogen-bond acceptors (Lipinski definition) is 3. The fourth-order valence-electron chi connectivity index (χ4n) is 3.81. The number of nitrogens with one attached hydrogen (secondary N) is 2. The van der Waals surface area contributed by atoms with Crippen molar-refractivity contribution in [3.05, 3.63) is 28.8 Å². The molecule has 0 bridgehead atoms. The Morgan fingerprint density at radius 1 is 1.00 bits per heavy atom. The normalized spacial score (nSPS) is 15.1. The van der Waals surface area contributed by atoms with Crippen molar-refractivity contribution < 1.29 is 9.59 Å². The molecule has 0 atom stereocenters. The van der Waals surface area contributed by atoms with Crippen LogP contribution in [0.5, 0.6) is 0 Å². The van der Waals surface area contributed by atoms with Gasteiger partial charge in [-0.15, -0.1) is 0 Å². The Morgan fingerprint density at radius 2 is 1.58 bits per heavy atom. The maximum absolute atomic E-state index is 12.3. The van der Waals surface area contributed by atoms with Gasteiger partial charge in [-0.1, -0.05) is 37.0 Å². The minimum atomic E-state index is -0.0948. The smallest absolute Gasteiger partial charge is 0.238 e. The average Bonchev–Trinajstić information content (AvgIpc) is 2.57. The summed E-state index contributed by atoms with van der Waals surface area (Å²) in [5, 5.41) is 6.00. The molecule has 0 radical (unpaired) electrons. The van der Waals surface area contributed by atoms with E-state index in [-0.39, 0.29) is 24.9 Å². The van der Waals surface area contributed by atoms with E-state index in [4.69, 9.17) is 0 Å². The van der Waals surface area contributed by atoms with E-state index >= 15 is 0 Å². The Labute approximate surface area is 157 Å². The van der Waals surface area contributed by atoms with Crippen molar-refractivity contribution in [2.45, 2.75) is 52.9 Å². The van der Waals surface area contributed by atoms with Crippen LogP contribution in [0.1, 0.15) is 48.8 Å². The molecule has 0 heterocycles. The number of rotatable bonds is 7. The molecule has 5 nitrogen and oxygen atoms in total. The van der Waals surface area contributed by atoms with Gasteiger partial charge in [-0.3, -0.25) is 14.5 Å². The van der Waals surface area contributed by atoms with E-state index in [9.17, 15) is 9.59 Å². The highest BCUT2D eigenvalue weighted by molar-refractivity contribution is 5.94. The molecule has 0 spiro atoms. The molecule has 2 rings (SSSR count). The van der Waals surface area contributed by atoms with Crippen LogP contribution in [0.4, 0.5) is 5.69 Å². The van der Waals surface area contributed by atoms with Crippen molar-refractivity contribution >= 4 is 17.5 Å². The number of nitrogens with zero attached hydrogens (tertiary/aromatic N) is 1. The van der Waals surface area contributed by atoms with Crippen LogP contribution in [-0.4, -0.2) is 43.4 Å². The molecule has 0 unspecified atom stereocenters.